The predicted octanol–water partition coefficient (Wildman–Crippen LogP) is 4.36. The molecule has 0 aliphatic carbocycles. The molecular weight excluding hydrogens is 357 g/mol. The van der Waals surface area contributed by atoms with Crippen molar-refractivity contribution in [2.75, 3.05) is 12.4 Å². The van der Waals surface area contributed by atoms with Crippen molar-refractivity contribution in [3.63, 3.8) is 0 Å². The molecule has 0 heterocycles. The van der Waals surface area contributed by atoms with Crippen LogP contribution in [0.25, 0.3) is 0 Å². The molecule has 0 saturated carbocycles. The number of benzene rings is 2. The van der Waals surface area contributed by atoms with Gasteiger partial charge in [-0.2, -0.15) is 13.2 Å². The highest BCUT2D eigenvalue weighted by molar-refractivity contribution is 5.92. The minimum atomic E-state index is -4.52. The highest BCUT2D eigenvalue weighted by Crippen LogP contribution is 2.34. The van der Waals surface area contributed by atoms with Crippen molar-refractivity contribution < 1.29 is 22.7 Å². The number of nitrogens with one attached hydrogen (secondary N) is 2. The zero-order valence-electron chi connectivity index (χ0n) is 15.3. The van der Waals surface area contributed by atoms with E-state index in [1.165, 1.54) is 18.2 Å². The molecule has 0 aliphatic rings. The number of carbonyl (C=O) groups is 1. The second-order valence-corrected chi connectivity index (χ2v) is 6.28. The highest BCUT2D eigenvalue weighted by Gasteiger charge is 2.33. The molecule has 0 fully saturated rings. The maximum atomic E-state index is 13.0. The molecule has 0 saturated heterocycles. The first-order valence-electron chi connectivity index (χ1n) is 8.56. The Kier molecular flexibility index (Phi) is 7.38. The van der Waals surface area contributed by atoms with Gasteiger partial charge in [0, 0.05) is 26.1 Å². The smallest absolute Gasteiger partial charge is 0.380 e. The Bertz CT molecular complexity index is 763. The third-order valence-corrected chi connectivity index (χ3v) is 4.06. The van der Waals surface area contributed by atoms with Gasteiger partial charge in [0.25, 0.3) is 0 Å². The van der Waals surface area contributed by atoms with E-state index in [2.05, 4.69) is 10.6 Å². The van der Waals surface area contributed by atoms with E-state index in [-0.39, 0.29) is 18.2 Å². The second kappa shape index (κ2) is 9.53. The van der Waals surface area contributed by atoms with E-state index in [4.69, 9.17) is 4.74 Å². The molecule has 0 radical (unpaired) electrons. The normalized spacial score (nSPS) is 12.6. The van der Waals surface area contributed by atoms with Crippen LogP contribution in [0.3, 0.4) is 0 Å². The van der Waals surface area contributed by atoms with Gasteiger partial charge in [-0.25, -0.2) is 0 Å². The third-order valence-electron chi connectivity index (χ3n) is 4.06. The van der Waals surface area contributed by atoms with E-state index in [1.807, 2.05) is 31.2 Å². The Balaban J connectivity index is 1.92. The lowest BCUT2D eigenvalue weighted by atomic mass is 10.1. The lowest BCUT2D eigenvalue weighted by Crippen LogP contribution is -2.31. The molecule has 0 spiro atoms. The zero-order valence-corrected chi connectivity index (χ0v) is 15.3. The van der Waals surface area contributed by atoms with Crippen molar-refractivity contribution in [1.29, 1.82) is 0 Å². The van der Waals surface area contributed by atoms with Crippen molar-refractivity contribution in [2.45, 2.75) is 38.7 Å². The summed E-state index contributed by atoms with van der Waals surface area (Å²) in [5.74, 6) is -0.475. The monoisotopic (exact) mass is 380 g/mol. The third kappa shape index (κ3) is 6.37. The van der Waals surface area contributed by atoms with Gasteiger partial charge in [-0.15, -0.1) is 0 Å². The van der Waals surface area contributed by atoms with E-state index in [9.17, 15) is 18.0 Å². The van der Waals surface area contributed by atoms with Crippen molar-refractivity contribution in [1.82, 2.24) is 5.32 Å². The van der Waals surface area contributed by atoms with Gasteiger partial charge in [-0.1, -0.05) is 36.4 Å². The van der Waals surface area contributed by atoms with Crippen molar-refractivity contribution in [3.05, 3.63) is 65.2 Å². The number of rotatable bonds is 8. The standard InChI is InChI=1S/C20H23F3N2O2/c1-14(24-12-15-7-3-4-8-16(15)13-27-2)11-19(26)25-18-10-6-5-9-17(18)20(21,22)23/h3-10,14,24H,11-13H2,1-2H3,(H,25,26). The van der Waals surface area contributed by atoms with E-state index in [1.54, 1.807) is 7.11 Å². The van der Waals surface area contributed by atoms with Crippen LogP contribution in [0.1, 0.15) is 30.0 Å². The molecule has 7 heteroatoms. The summed E-state index contributed by atoms with van der Waals surface area (Å²) in [7, 11) is 1.62. The Morgan fingerprint density at radius 2 is 1.70 bits per heavy atom. The number of alkyl halides is 3. The van der Waals surface area contributed by atoms with Crippen molar-refractivity contribution in [3.8, 4) is 0 Å². The molecule has 1 amide bonds. The molecule has 146 valence electrons. The van der Waals surface area contributed by atoms with Gasteiger partial charge in [-0.05, 0) is 30.2 Å². The fourth-order valence-corrected chi connectivity index (χ4v) is 2.70. The van der Waals surface area contributed by atoms with Crippen molar-refractivity contribution in [2.24, 2.45) is 0 Å². The molecular formula is C20H23F3N2O2. The molecule has 2 N–H and O–H groups in total. The van der Waals surface area contributed by atoms with E-state index in [0.717, 1.165) is 17.2 Å². The molecule has 1 atom stereocenters. The first-order valence-corrected chi connectivity index (χ1v) is 8.56. The SMILES string of the molecule is COCc1ccccc1CNC(C)CC(=O)Nc1ccccc1C(F)(F)F. The van der Waals surface area contributed by atoms with E-state index in [0.29, 0.717) is 13.2 Å². The molecule has 2 rings (SSSR count). The maximum Gasteiger partial charge on any atom is 0.418 e. The van der Waals surface area contributed by atoms with E-state index < -0.39 is 17.6 Å². The molecule has 2 aromatic rings. The van der Waals surface area contributed by atoms with Crippen LogP contribution in [0.5, 0.6) is 0 Å². The van der Waals surface area contributed by atoms with Crippen LogP contribution in [-0.2, 0) is 28.9 Å². The van der Waals surface area contributed by atoms with Crippen LogP contribution in [0, 0.1) is 0 Å². The van der Waals surface area contributed by atoms with Gasteiger partial charge in [0.15, 0.2) is 0 Å². The van der Waals surface area contributed by atoms with Crippen LogP contribution >= 0.6 is 0 Å². The average molecular weight is 380 g/mol. The van der Waals surface area contributed by atoms with Gasteiger partial charge in [0.05, 0.1) is 17.9 Å². The van der Waals surface area contributed by atoms with Gasteiger partial charge < -0.3 is 15.4 Å². The quantitative estimate of drug-likeness (QED) is 0.716. The predicted molar refractivity (Wildman–Crippen MR) is 98.1 cm³/mol. The minimum Gasteiger partial charge on any atom is -0.380 e. The second-order valence-electron chi connectivity index (χ2n) is 6.28. The first kappa shape index (κ1) is 20.9. The van der Waals surface area contributed by atoms with Crippen molar-refractivity contribution >= 4 is 11.6 Å². The van der Waals surface area contributed by atoms with Crippen LogP contribution < -0.4 is 10.6 Å². The summed E-state index contributed by atoms with van der Waals surface area (Å²) in [5, 5.41) is 5.58. The number of para-hydroxylation sites is 1. The molecule has 0 aliphatic heterocycles. The highest BCUT2D eigenvalue weighted by atomic mass is 19.4. The summed E-state index contributed by atoms with van der Waals surface area (Å²) in [6, 6.07) is 12.5. The number of hydrogen-bond acceptors (Lipinski definition) is 3. The number of anilines is 1. The van der Waals surface area contributed by atoms with Crippen LogP contribution in [0.15, 0.2) is 48.5 Å². The lowest BCUT2D eigenvalue weighted by Gasteiger charge is -2.17. The number of amides is 1. The lowest BCUT2D eigenvalue weighted by molar-refractivity contribution is -0.137. The molecule has 1 unspecified atom stereocenters. The minimum absolute atomic E-state index is 0.0542. The van der Waals surface area contributed by atoms with E-state index >= 15 is 0 Å². The Morgan fingerprint density at radius 3 is 2.37 bits per heavy atom. The van der Waals surface area contributed by atoms with Gasteiger partial charge in [0.1, 0.15) is 0 Å². The first-order chi connectivity index (χ1) is 12.8. The molecule has 0 bridgehead atoms. The fourth-order valence-electron chi connectivity index (χ4n) is 2.70. The average Bonchev–Trinajstić information content (AvgIpc) is 2.60. The topological polar surface area (TPSA) is 50.4 Å². The molecule has 27 heavy (non-hydrogen) atoms. The number of halogens is 3. The Labute approximate surface area is 156 Å². The molecule has 0 aromatic heterocycles. The number of methoxy groups -OCH3 is 1. The number of ether oxygens (including phenoxy) is 1. The fraction of sp³-hybridized carbons (Fsp3) is 0.350. The van der Waals surface area contributed by atoms with Crippen LogP contribution in [0.4, 0.5) is 18.9 Å². The van der Waals surface area contributed by atoms with Crippen LogP contribution in [0.2, 0.25) is 0 Å². The number of carbonyl (C=O) groups excluding carboxylic acids is 1. The Morgan fingerprint density at radius 1 is 1.07 bits per heavy atom. The summed E-state index contributed by atoms with van der Waals surface area (Å²) in [5.41, 5.74) is 1.01. The molecule has 2 aromatic carbocycles. The summed E-state index contributed by atoms with van der Waals surface area (Å²) < 4.78 is 44.2. The zero-order chi connectivity index (χ0) is 19.9. The summed E-state index contributed by atoms with van der Waals surface area (Å²) in [6.45, 7) is 2.84. The van der Waals surface area contributed by atoms with Gasteiger partial charge >= 0.3 is 6.18 Å². The van der Waals surface area contributed by atoms with Gasteiger partial charge in [-0.3, -0.25) is 4.79 Å². The maximum absolute atomic E-state index is 13.0. The summed E-state index contributed by atoms with van der Waals surface area (Å²) >= 11 is 0. The summed E-state index contributed by atoms with van der Waals surface area (Å²) in [6.07, 6.45) is -4.46. The summed E-state index contributed by atoms with van der Waals surface area (Å²) in [4.78, 5) is 12.1. The van der Waals surface area contributed by atoms with Crippen LogP contribution in [-0.4, -0.2) is 19.1 Å². The molecule has 4 nitrogen and oxygen atoms in total. The Hall–Kier alpha value is -2.38. The number of hydrogen-bond donors (Lipinski definition) is 2. The largest absolute Gasteiger partial charge is 0.418 e. The van der Waals surface area contributed by atoms with Gasteiger partial charge in [0.2, 0.25) is 5.91 Å².